The summed E-state index contributed by atoms with van der Waals surface area (Å²) in [7, 11) is 1.29. The molecule has 16 nitrogen and oxygen atoms in total. The minimum atomic E-state index is -1.88. The maximum Gasteiger partial charge on any atom is 0.330 e. The summed E-state index contributed by atoms with van der Waals surface area (Å²) in [4.78, 5) is 57.3. The van der Waals surface area contributed by atoms with Crippen LogP contribution in [0.4, 0.5) is 0 Å². The third-order valence-electron chi connectivity index (χ3n) is 10.9. The van der Waals surface area contributed by atoms with Crippen LogP contribution >= 0.6 is 8.53 Å². The fourth-order valence-electron chi connectivity index (χ4n) is 7.89. The average molecular weight is 883 g/mol. The molecule has 63 heavy (non-hydrogen) atoms. The molecule has 5 aromatic rings. The van der Waals surface area contributed by atoms with Crippen molar-refractivity contribution in [2.45, 2.75) is 103 Å². The van der Waals surface area contributed by atoms with Gasteiger partial charge in [-0.05, 0) is 82.5 Å². The molecule has 3 aromatic carbocycles. The Bertz CT molecular complexity index is 2530. The summed E-state index contributed by atoms with van der Waals surface area (Å²) in [6.07, 6.45) is -0.907. The Kier molecular flexibility index (Phi) is 15.4. The molecule has 1 aliphatic rings. The molecule has 6 rings (SSSR count). The summed E-state index contributed by atoms with van der Waals surface area (Å²) >= 11 is 0. The van der Waals surface area contributed by atoms with Crippen molar-refractivity contribution in [2.24, 2.45) is 0 Å². The largest absolute Gasteiger partial charge is 0.497 e. The van der Waals surface area contributed by atoms with Gasteiger partial charge in [0.2, 0.25) is 0 Å². The predicted octanol–water partition coefficient (Wildman–Crippen LogP) is 6.05. The number of nitrogens with one attached hydrogen (secondary N) is 2. The lowest BCUT2D eigenvalue weighted by Gasteiger charge is -2.42. The fourth-order valence-corrected chi connectivity index (χ4v) is 9.63. The Morgan fingerprint density at radius 3 is 1.89 bits per heavy atom. The zero-order valence-corrected chi connectivity index (χ0v) is 37.7. The van der Waals surface area contributed by atoms with Gasteiger partial charge in [0.1, 0.15) is 35.5 Å². The van der Waals surface area contributed by atoms with Crippen molar-refractivity contribution in [3.05, 3.63) is 161 Å². The minimum Gasteiger partial charge on any atom is -0.497 e. The second kappa shape index (κ2) is 20.7. The van der Waals surface area contributed by atoms with Gasteiger partial charge in [-0.25, -0.2) is 14.3 Å². The summed E-state index contributed by atoms with van der Waals surface area (Å²) in [6.45, 7) is 11.2. The number of aromatic nitrogens is 4. The van der Waals surface area contributed by atoms with E-state index in [9.17, 15) is 24.4 Å². The summed E-state index contributed by atoms with van der Waals surface area (Å²) in [5.74, 6) is 1.23. The fraction of sp³-hybridized carbons (Fsp3) is 0.413. The molecule has 1 saturated heterocycles. The highest BCUT2D eigenvalue weighted by atomic mass is 31.2. The van der Waals surface area contributed by atoms with E-state index in [0.717, 1.165) is 5.56 Å². The molecule has 1 unspecified atom stereocenters. The monoisotopic (exact) mass is 882 g/mol. The van der Waals surface area contributed by atoms with Crippen LogP contribution in [0.15, 0.2) is 110 Å². The van der Waals surface area contributed by atoms with Crippen LogP contribution in [0.3, 0.4) is 0 Å². The summed E-state index contributed by atoms with van der Waals surface area (Å²) in [6, 6.07) is 26.6. The smallest absolute Gasteiger partial charge is 0.330 e. The molecule has 17 heteroatoms. The quantitative estimate of drug-likeness (QED) is 0.0556. The number of H-pyrrole nitrogens is 2. The van der Waals surface area contributed by atoms with E-state index in [-0.39, 0.29) is 43.6 Å². The van der Waals surface area contributed by atoms with Crippen molar-refractivity contribution in [3.63, 3.8) is 0 Å². The van der Waals surface area contributed by atoms with Crippen molar-refractivity contribution in [1.29, 1.82) is 5.26 Å². The molecule has 1 fully saturated rings. The van der Waals surface area contributed by atoms with E-state index in [4.69, 9.17) is 28.0 Å². The van der Waals surface area contributed by atoms with Crippen LogP contribution in [0, 0.1) is 25.2 Å². The van der Waals surface area contributed by atoms with Gasteiger partial charge in [0.15, 0.2) is 0 Å². The molecule has 5 atom stereocenters. The second-order valence-electron chi connectivity index (χ2n) is 15.8. The minimum absolute atomic E-state index is 0.0511. The van der Waals surface area contributed by atoms with Gasteiger partial charge in [-0.1, -0.05) is 54.6 Å². The summed E-state index contributed by atoms with van der Waals surface area (Å²) in [5.41, 5.74) is -1.15. The standard InChI is InChI=1S/C46H55N6O10P/c1-29(2)52(30(3)4)63(59-24-12-23-47)62-38-25-40(51-27-32(6)43(54)49-45(51)56)60-41(38)39(28-50-26-31(5)42(53)48-44(50)55)61-46(33-13-10-9-11-14-33,34-15-19-36(57-7)20-16-34)35-17-21-37(58-8)22-18-35/h9-11,13-22,26-27,29-30,38-41H,12,24-25,28H2,1-8H3,(H,48,53,55)(H,49,54,56)/t38-,39-,40+,41-,63?/m0/s1. The molecule has 2 aromatic heterocycles. The van der Waals surface area contributed by atoms with E-state index in [0.29, 0.717) is 28.2 Å². The molecule has 334 valence electrons. The molecule has 0 amide bonds. The van der Waals surface area contributed by atoms with Crippen LogP contribution in [0.25, 0.3) is 0 Å². The number of rotatable bonds is 19. The lowest BCUT2D eigenvalue weighted by Crippen LogP contribution is -2.49. The van der Waals surface area contributed by atoms with Crippen LogP contribution < -0.4 is 32.0 Å². The van der Waals surface area contributed by atoms with Crippen LogP contribution in [0.2, 0.25) is 0 Å². The van der Waals surface area contributed by atoms with E-state index in [2.05, 4.69) is 20.7 Å². The van der Waals surface area contributed by atoms with Gasteiger partial charge in [-0.3, -0.25) is 28.7 Å². The van der Waals surface area contributed by atoms with Crippen LogP contribution in [-0.2, 0) is 30.7 Å². The Balaban J connectivity index is 1.62. The van der Waals surface area contributed by atoms with Crippen molar-refractivity contribution in [1.82, 2.24) is 23.8 Å². The molecule has 0 radical (unpaired) electrons. The third kappa shape index (κ3) is 10.4. The molecule has 3 heterocycles. The van der Waals surface area contributed by atoms with Gasteiger partial charge in [-0.15, -0.1) is 0 Å². The number of methoxy groups -OCH3 is 2. The van der Waals surface area contributed by atoms with E-state index in [1.807, 2.05) is 107 Å². The first-order valence-electron chi connectivity index (χ1n) is 20.8. The molecular formula is C46H55N6O10P. The van der Waals surface area contributed by atoms with Gasteiger partial charge in [0, 0.05) is 42.0 Å². The first-order valence-corrected chi connectivity index (χ1v) is 21.9. The van der Waals surface area contributed by atoms with Crippen LogP contribution in [0.1, 0.15) is 74.6 Å². The first-order chi connectivity index (χ1) is 30.2. The molecule has 2 N–H and O–H groups in total. The second-order valence-corrected chi connectivity index (χ2v) is 17.3. The highest BCUT2D eigenvalue weighted by Gasteiger charge is 2.50. The highest BCUT2D eigenvalue weighted by molar-refractivity contribution is 7.44. The Labute approximate surface area is 366 Å². The SMILES string of the molecule is COc1ccc(C(O[C@@H](Cn2cc(C)c(=O)[nH]c2=O)[C@H]2O[C@@H](n3cc(C)c(=O)[nH]c3=O)C[C@@H]2OP(OCCC#N)N(C(C)C)C(C)C)(c2ccccc2)c2ccc(OC)cc2)cc1. The number of aryl methyl sites for hydroxylation is 2. The Morgan fingerprint density at radius 1 is 0.810 bits per heavy atom. The predicted molar refractivity (Wildman–Crippen MR) is 238 cm³/mol. The Hall–Kier alpha value is -5.66. The van der Waals surface area contributed by atoms with Gasteiger partial charge >= 0.3 is 11.4 Å². The van der Waals surface area contributed by atoms with Gasteiger partial charge < -0.3 is 28.0 Å². The molecule has 0 saturated carbocycles. The van der Waals surface area contributed by atoms with Crippen LogP contribution in [-0.4, -0.2) is 75.0 Å². The van der Waals surface area contributed by atoms with Crippen molar-refractivity contribution >= 4 is 8.53 Å². The zero-order valence-electron chi connectivity index (χ0n) is 36.8. The number of benzene rings is 3. The number of nitriles is 1. The first kappa shape index (κ1) is 46.8. The van der Waals surface area contributed by atoms with E-state index >= 15 is 0 Å². The van der Waals surface area contributed by atoms with E-state index in [1.54, 1.807) is 28.1 Å². The number of ether oxygens (including phenoxy) is 4. The third-order valence-corrected chi connectivity index (χ3v) is 13.0. The van der Waals surface area contributed by atoms with Crippen molar-refractivity contribution in [2.75, 3.05) is 20.8 Å². The lowest BCUT2D eigenvalue weighted by atomic mass is 9.79. The van der Waals surface area contributed by atoms with Gasteiger partial charge in [0.05, 0.1) is 46.0 Å². The zero-order chi connectivity index (χ0) is 45.4. The molecule has 0 bridgehead atoms. The molecule has 0 spiro atoms. The molecule has 1 aliphatic heterocycles. The maximum atomic E-state index is 13.7. The number of nitrogens with zero attached hydrogens (tertiary/aromatic N) is 4. The normalized spacial score (nSPS) is 17.5. The number of hydrogen-bond donors (Lipinski definition) is 2. The van der Waals surface area contributed by atoms with Crippen LogP contribution in [0.5, 0.6) is 11.5 Å². The van der Waals surface area contributed by atoms with Crippen molar-refractivity contribution in [3.8, 4) is 17.6 Å². The lowest BCUT2D eigenvalue weighted by molar-refractivity contribution is -0.148. The summed E-state index contributed by atoms with van der Waals surface area (Å²) < 4.78 is 44.1. The number of aromatic amines is 2. The van der Waals surface area contributed by atoms with E-state index < -0.39 is 61.2 Å². The topological polar surface area (TPSA) is 192 Å². The van der Waals surface area contributed by atoms with Crippen molar-refractivity contribution < 1.29 is 28.0 Å². The molecule has 0 aliphatic carbocycles. The summed E-state index contributed by atoms with van der Waals surface area (Å²) in [5, 5.41) is 9.48. The highest BCUT2D eigenvalue weighted by Crippen LogP contribution is 2.51. The van der Waals surface area contributed by atoms with Gasteiger partial charge in [-0.2, -0.15) is 5.26 Å². The maximum absolute atomic E-state index is 13.7. The van der Waals surface area contributed by atoms with Gasteiger partial charge in [0.25, 0.3) is 19.6 Å². The van der Waals surface area contributed by atoms with E-state index in [1.165, 1.54) is 21.5 Å². The molecular weight excluding hydrogens is 828 g/mol. The Morgan fingerprint density at radius 2 is 1.35 bits per heavy atom. The number of hydrogen-bond acceptors (Lipinski definition) is 12. The average Bonchev–Trinajstić information content (AvgIpc) is 3.68.